The normalized spacial score (nSPS) is 9.65. The molecule has 1 aromatic carbocycles. The first kappa shape index (κ1) is 13.0. The second-order valence-electron chi connectivity index (χ2n) is 3.30. The van der Waals surface area contributed by atoms with Crippen LogP contribution in [0.5, 0.6) is 5.75 Å². The molecule has 0 fully saturated rings. The Balaban J connectivity index is 3.46. The molecule has 17 heavy (non-hydrogen) atoms. The molecule has 0 saturated heterocycles. The first-order valence-corrected chi connectivity index (χ1v) is 4.91. The van der Waals surface area contributed by atoms with E-state index in [0.717, 1.165) is 0 Å². The Morgan fingerprint density at radius 3 is 2.06 bits per heavy atom. The number of carbonyl (C=O) groups excluding carboxylic acids is 2. The number of esters is 2. The SMILES string of the molecule is COC(=O)c1ccc(OC)c(C)c1C(=O)OC. The zero-order chi connectivity index (χ0) is 13.0. The van der Waals surface area contributed by atoms with Gasteiger partial charge in [0.15, 0.2) is 0 Å². The van der Waals surface area contributed by atoms with Gasteiger partial charge in [0, 0.05) is 5.56 Å². The Hall–Kier alpha value is -2.04. The summed E-state index contributed by atoms with van der Waals surface area (Å²) in [6, 6.07) is 3.08. The molecule has 0 heterocycles. The van der Waals surface area contributed by atoms with E-state index in [1.165, 1.54) is 27.4 Å². The molecule has 1 rings (SSSR count). The number of carbonyl (C=O) groups is 2. The van der Waals surface area contributed by atoms with Crippen LogP contribution < -0.4 is 4.74 Å². The number of hydrogen-bond donors (Lipinski definition) is 0. The van der Waals surface area contributed by atoms with Crippen molar-refractivity contribution >= 4 is 11.9 Å². The number of hydrogen-bond acceptors (Lipinski definition) is 5. The first-order chi connectivity index (χ1) is 8.06. The summed E-state index contributed by atoms with van der Waals surface area (Å²) < 4.78 is 14.4. The van der Waals surface area contributed by atoms with Gasteiger partial charge in [0.2, 0.25) is 0 Å². The van der Waals surface area contributed by atoms with E-state index >= 15 is 0 Å². The minimum absolute atomic E-state index is 0.164. The molecule has 0 aliphatic rings. The molecule has 0 aliphatic carbocycles. The fourth-order valence-corrected chi connectivity index (χ4v) is 1.56. The smallest absolute Gasteiger partial charge is 0.339 e. The van der Waals surface area contributed by atoms with Gasteiger partial charge in [-0.1, -0.05) is 0 Å². The molecule has 0 atom stereocenters. The number of benzene rings is 1. The second-order valence-corrected chi connectivity index (χ2v) is 3.30. The molecule has 0 saturated carbocycles. The maximum atomic E-state index is 11.7. The van der Waals surface area contributed by atoms with Crippen LogP contribution in [0.2, 0.25) is 0 Å². The summed E-state index contributed by atoms with van der Waals surface area (Å²) in [5, 5.41) is 0. The van der Waals surface area contributed by atoms with E-state index in [9.17, 15) is 9.59 Å². The summed E-state index contributed by atoms with van der Waals surface area (Å²) in [4.78, 5) is 23.2. The summed E-state index contributed by atoms with van der Waals surface area (Å²) in [6.45, 7) is 1.68. The van der Waals surface area contributed by atoms with Crippen molar-refractivity contribution in [1.82, 2.24) is 0 Å². The standard InChI is InChI=1S/C12H14O5/c1-7-9(15-2)6-5-8(11(13)16-3)10(7)12(14)17-4/h5-6H,1-4H3. The third-order valence-corrected chi connectivity index (χ3v) is 2.43. The van der Waals surface area contributed by atoms with Gasteiger partial charge in [0.25, 0.3) is 0 Å². The molecular formula is C12H14O5. The van der Waals surface area contributed by atoms with Crippen LogP contribution in [-0.2, 0) is 9.47 Å². The fourth-order valence-electron chi connectivity index (χ4n) is 1.56. The van der Waals surface area contributed by atoms with Crippen LogP contribution in [0.3, 0.4) is 0 Å². The molecule has 0 bridgehead atoms. The van der Waals surface area contributed by atoms with Crippen molar-refractivity contribution in [3.63, 3.8) is 0 Å². The van der Waals surface area contributed by atoms with Gasteiger partial charge in [-0.15, -0.1) is 0 Å². The van der Waals surface area contributed by atoms with Crippen LogP contribution in [0.1, 0.15) is 26.3 Å². The highest BCUT2D eigenvalue weighted by atomic mass is 16.5. The van der Waals surface area contributed by atoms with Crippen molar-refractivity contribution < 1.29 is 23.8 Å². The van der Waals surface area contributed by atoms with E-state index in [0.29, 0.717) is 11.3 Å². The summed E-state index contributed by atoms with van der Waals surface area (Å²) in [5.41, 5.74) is 0.874. The van der Waals surface area contributed by atoms with Gasteiger partial charge >= 0.3 is 11.9 Å². The zero-order valence-corrected chi connectivity index (χ0v) is 10.2. The Morgan fingerprint density at radius 1 is 1.00 bits per heavy atom. The maximum absolute atomic E-state index is 11.7. The van der Waals surface area contributed by atoms with E-state index in [-0.39, 0.29) is 11.1 Å². The third kappa shape index (κ3) is 2.38. The predicted molar refractivity (Wildman–Crippen MR) is 60.4 cm³/mol. The molecular weight excluding hydrogens is 224 g/mol. The third-order valence-electron chi connectivity index (χ3n) is 2.43. The minimum Gasteiger partial charge on any atom is -0.496 e. The van der Waals surface area contributed by atoms with Gasteiger partial charge in [0.05, 0.1) is 32.5 Å². The quantitative estimate of drug-likeness (QED) is 0.748. The van der Waals surface area contributed by atoms with Crippen molar-refractivity contribution in [2.75, 3.05) is 21.3 Å². The average molecular weight is 238 g/mol. The number of rotatable bonds is 3. The monoisotopic (exact) mass is 238 g/mol. The summed E-state index contributed by atoms with van der Waals surface area (Å²) in [6.07, 6.45) is 0. The van der Waals surface area contributed by atoms with E-state index in [1.54, 1.807) is 13.0 Å². The van der Waals surface area contributed by atoms with Gasteiger partial charge in [0.1, 0.15) is 5.75 Å². The molecule has 0 spiro atoms. The lowest BCUT2D eigenvalue weighted by molar-refractivity contribution is 0.0554. The van der Waals surface area contributed by atoms with Gasteiger partial charge < -0.3 is 14.2 Å². The van der Waals surface area contributed by atoms with E-state index in [2.05, 4.69) is 9.47 Å². The van der Waals surface area contributed by atoms with Gasteiger partial charge in [-0.25, -0.2) is 9.59 Å². The highest BCUT2D eigenvalue weighted by Gasteiger charge is 2.22. The maximum Gasteiger partial charge on any atom is 0.339 e. The van der Waals surface area contributed by atoms with Crippen molar-refractivity contribution in [2.45, 2.75) is 6.92 Å². The van der Waals surface area contributed by atoms with E-state index in [1.807, 2.05) is 0 Å². The number of ether oxygens (including phenoxy) is 3. The van der Waals surface area contributed by atoms with Crippen molar-refractivity contribution in [1.29, 1.82) is 0 Å². The Morgan fingerprint density at radius 2 is 1.59 bits per heavy atom. The molecule has 0 amide bonds. The minimum atomic E-state index is -0.596. The molecule has 0 radical (unpaired) electrons. The van der Waals surface area contributed by atoms with Gasteiger partial charge in [-0.2, -0.15) is 0 Å². The van der Waals surface area contributed by atoms with Crippen molar-refractivity contribution in [2.24, 2.45) is 0 Å². The molecule has 5 heteroatoms. The highest BCUT2D eigenvalue weighted by molar-refractivity contribution is 6.04. The van der Waals surface area contributed by atoms with Crippen LogP contribution in [0.25, 0.3) is 0 Å². The fraction of sp³-hybridized carbons (Fsp3) is 0.333. The molecule has 92 valence electrons. The summed E-state index contributed by atoms with van der Waals surface area (Å²) in [7, 11) is 3.99. The molecule has 0 aliphatic heterocycles. The lowest BCUT2D eigenvalue weighted by Crippen LogP contribution is -2.14. The largest absolute Gasteiger partial charge is 0.496 e. The predicted octanol–water partition coefficient (Wildman–Crippen LogP) is 1.58. The Bertz CT molecular complexity index is 450. The van der Waals surface area contributed by atoms with Crippen LogP contribution in [-0.4, -0.2) is 33.3 Å². The topological polar surface area (TPSA) is 61.8 Å². The van der Waals surface area contributed by atoms with E-state index < -0.39 is 11.9 Å². The average Bonchev–Trinajstić information content (AvgIpc) is 2.36. The van der Waals surface area contributed by atoms with Crippen LogP contribution in [0.15, 0.2) is 12.1 Å². The van der Waals surface area contributed by atoms with Crippen LogP contribution in [0.4, 0.5) is 0 Å². The summed E-state index contributed by atoms with van der Waals surface area (Å²) in [5.74, 6) is -0.670. The molecule has 0 aromatic heterocycles. The Labute approximate surface area is 99.3 Å². The highest BCUT2D eigenvalue weighted by Crippen LogP contribution is 2.25. The van der Waals surface area contributed by atoms with Crippen molar-refractivity contribution in [3.8, 4) is 5.75 Å². The second kappa shape index (κ2) is 5.34. The first-order valence-electron chi connectivity index (χ1n) is 4.91. The zero-order valence-electron chi connectivity index (χ0n) is 10.2. The van der Waals surface area contributed by atoms with E-state index in [4.69, 9.17) is 4.74 Å². The lowest BCUT2D eigenvalue weighted by Gasteiger charge is -2.12. The molecule has 5 nitrogen and oxygen atoms in total. The van der Waals surface area contributed by atoms with Crippen molar-refractivity contribution in [3.05, 3.63) is 28.8 Å². The molecule has 1 aromatic rings. The van der Waals surface area contributed by atoms with Gasteiger partial charge in [-0.05, 0) is 19.1 Å². The summed E-state index contributed by atoms with van der Waals surface area (Å²) >= 11 is 0. The molecule has 0 N–H and O–H groups in total. The number of methoxy groups -OCH3 is 3. The van der Waals surface area contributed by atoms with Crippen LogP contribution >= 0.6 is 0 Å². The Kier molecular flexibility index (Phi) is 4.09. The lowest BCUT2D eigenvalue weighted by atomic mass is 10.0. The van der Waals surface area contributed by atoms with Gasteiger partial charge in [-0.3, -0.25) is 0 Å². The molecule has 0 unspecified atom stereocenters. The van der Waals surface area contributed by atoms with Crippen LogP contribution in [0, 0.1) is 6.92 Å².